The predicted octanol–water partition coefficient (Wildman–Crippen LogP) is 3.47. The van der Waals surface area contributed by atoms with Gasteiger partial charge < -0.3 is 15.2 Å². The Balaban J connectivity index is 0.00000261. The fraction of sp³-hybridized carbons (Fsp3) is 0.550. The second-order valence-corrected chi connectivity index (χ2v) is 7.42. The molecule has 1 aromatic heterocycles. The highest BCUT2D eigenvalue weighted by atomic mass is 127. The number of aliphatic imine (C=N–C) groups is 1. The molecule has 0 saturated heterocycles. The van der Waals surface area contributed by atoms with E-state index in [0.29, 0.717) is 12.5 Å². The van der Waals surface area contributed by atoms with E-state index in [2.05, 4.69) is 75.4 Å². The predicted molar refractivity (Wildman–Crippen MR) is 120 cm³/mol. The Hall–Kier alpha value is -1.64. The molecule has 6 nitrogen and oxygen atoms in total. The SMILES string of the molecule is CN=C(NCc1nnc2n1CCC2)NC(C)c1ccc(CC(C)C)cc1.I. The van der Waals surface area contributed by atoms with Crippen LogP contribution in [0.4, 0.5) is 0 Å². The van der Waals surface area contributed by atoms with Crippen LogP contribution in [0.15, 0.2) is 29.3 Å². The molecular weight excluding hydrogens is 451 g/mol. The van der Waals surface area contributed by atoms with Crippen molar-refractivity contribution in [2.75, 3.05) is 7.05 Å². The third-order valence-electron chi connectivity index (χ3n) is 4.80. The van der Waals surface area contributed by atoms with Crippen molar-refractivity contribution in [3.63, 3.8) is 0 Å². The highest BCUT2D eigenvalue weighted by Gasteiger charge is 2.17. The van der Waals surface area contributed by atoms with E-state index in [4.69, 9.17) is 0 Å². The minimum atomic E-state index is 0. The molecule has 3 rings (SSSR count). The average molecular weight is 482 g/mol. The minimum Gasteiger partial charge on any atom is -0.350 e. The second-order valence-electron chi connectivity index (χ2n) is 7.42. The van der Waals surface area contributed by atoms with Crippen molar-refractivity contribution in [2.45, 2.75) is 59.2 Å². The fourth-order valence-corrected chi connectivity index (χ4v) is 3.40. The van der Waals surface area contributed by atoms with E-state index in [-0.39, 0.29) is 30.0 Å². The number of benzene rings is 1. The van der Waals surface area contributed by atoms with Crippen LogP contribution in [0.5, 0.6) is 0 Å². The van der Waals surface area contributed by atoms with Crippen LogP contribution in [0.1, 0.15) is 56.0 Å². The number of hydrogen-bond acceptors (Lipinski definition) is 3. The van der Waals surface area contributed by atoms with Gasteiger partial charge in [-0.05, 0) is 36.8 Å². The van der Waals surface area contributed by atoms with Crippen LogP contribution in [-0.2, 0) is 25.9 Å². The summed E-state index contributed by atoms with van der Waals surface area (Å²) < 4.78 is 2.21. The molecule has 1 aromatic carbocycles. The standard InChI is InChI=1S/C20H30N6.HI/c1-14(2)12-16-7-9-17(10-8-16)15(3)23-20(21-4)22-13-19-25-24-18-6-5-11-26(18)19;/h7-10,14-15H,5-6,11-13H2,1-4H3,(H2,21,22,23);1H. The van der Waals surface area contributed by atoms with Gasteiger partial charge in [0.2, 0.25) is 0 Å². The molecule has 2 aromatic rings. The Morgan fingerprint density at radius 2 is 1.93 bits per heavy atom. The first-order valence-electron chi connectivity index (χ1n) is 9.53. The van der Waals surface area contributed by atoms with Gasteiger partial charge in [-0.2, -0.15) is 0 Å². The maximum absolute atomic E-state index is 4.34. The van der Waals surface area contributed by atoms with Gasteiger partial charge in [-0.15, -0.1) is 34.2 Å². The van der Waals surface area contributed by atoms with Crippen LogP contribution in [0.2, 0.25) is 0 Å². The zero-order valence-corrected chi connectivity index (χ0v) is 19.0. The van der Waals surface area contributed by atoms with Gasteiger partial charge in [0, 0.05) is 20.0 Å². The Morgan fingerprint density at radius 1 is 1.19 bits per heavy atom. The smallest absolute Gasteiger partial charge is 0.191 e. The lowest BCUT2D eigenvalue weighted by molar-refractivity contribution is 0.641. The normalized spacial score (nSPS) is 14.6. The molecular formula is C20H31IN6. The summed E-state index contributed by atoms with van der Waals surface area (Å²) in [7, 11) is 1.79. The number of halogens is 1. The summed E-state index contributed by atoms with van der Waals surface area (Å²) in [5.41, 5.74) is 2.64. The van der Waals surface area contributed by atoms with E-state index < -0.39 is 0 Å². The summed E-state index contributed by atoms with van der Waals surface area (Å²) in [5.74, 6) is 3.53. The van der Waals surface area contributed by atoms with Gasteiger partial charge in [0.1, 0.15) is 5.82 Å². The summed E-state index contributed by atoms with van der Waals surface area (Å²) in [4.78, 5) is 4.34. The van der Waals surface area contributed by atoms with Crippen LogP contribution in [0.25, 0.3) is 0 Å². The Kier molecular flexibility index (Phi) is 8.07. The van der Waals surface area contributed by atoms with E-state index in [0.717, 1.165) is 43.4 Å². The Bertz CT molecular complexity index is 750. The van der Waals surface area contributed by atoms with Crippen molar-refractivity contribution in [1.82, 2.24) is 25.4 Å². The summed E-state index contributed by atoms with van der Waals surface area (Å²) in [6.07, 6.45) is 3.31. The molecule has 2 N–H and O–H groups in total. The van der Waals surface area contributed by atoms with E-state index in [1.807, 2.05) is 0 Å². The van der Waals surface area contributed by atoms with Gasteiger partial charge in [-0.25, -0.2) is 0 Å². The number of aryl methyl sites for hydroxylation is 1. The number of rotatable bonds is 6. The van der Waals surface area contributed by atoms with Gasteiger partial charge in [-0.3, -0.25) is 4.99 Å². The van der Waals surface area contributed by atoms with Crippen LogP contribution < -0.4 is 10.6 Å². The molecule has 0 bridgehead atoms. The lowest BCUT2D eigenvalue weighted by atomic mass is 10.00. The van der Waals surface area contributed by atoms with Crippen LogP contribution in [0.3, 0.4) is 0 Å². The molecule has 2 heterocycles. The first-order chi connectivity index (χ1) is 12.6. The molecule has 0 aliphatic carbocycles. The summed E-state index contributed by atoms with van der Waals surface area (Å²) in [5, 5.41) is 15.3. The molecule has 27 heavy (non-hydrogen) atoms. The van der Waals surface area contributed by atoms with Gasteiger partial charge in [0.15, 0.2) is 11.8 Å². The van der Waals surface area contributed by atoms with E-state index in [9.17, 15) is 0 Å². The Labute approximate surface area is 179 Å². The number of guanidine groups is 1. The number of nitrogens with one attached hydrogen (secondary N) is 2. The molecule has 1 atom stereocenters. The molecule has 7 heteroatoms. The van der Waals surface area contributed by atoms with Gasteiger partial charge in [0.05, 0.1) is 12.6 Å². The molecule has 0 fully saturated rings. The lowest BCUT2D eigenvalue weighted by Gasteiger charge is -2.18. The molecule has 1 unspecified atom stereocenters. The number of hydrogen-bond donors (Lipinski definition) is 2. The van der Waals surface area contributed by atoms with Gasteiger partial charge in [0.25, 0.3) is 0 Å². The first-order valence-corrected chi connectivity index (χ1v) is 9.53. The van der Waals surface area contributed by atoms with E-state index >= 15 is 0 Å². The van der Waals surface area contributed by atoms with Crippen LogP contribution >= 0.6 is 24.0 Å². The topological polar surface area (TPSA) is 67.1 Å². The molecule has 1 aliphatic heterocycles. The zero-order chi connectivity index (χ0) is 18.5. The van der Waals surface area contributed by atoms with Crippen LogP contribution in [-0.4, -0.2) is 27.8 Å². The van der Waals surface area contributed by atoms with Crippen molar-refractivity contribution in [1.29, 1.82) is 0 Å². The summed E-state index contributed by atoms with van der Waals surface area (Å²) >= 11 is 0. The molecule has 0 saturated carbocycles. The summed E-state index contributed by atoms with van der Waals surface area (Å²) in [6.45, 7) is 8.30. The largest absolute Gasteiger partial charge is 0.350 e. The second kappa shape index (κ2) is 10.1. The molecule has 0 amide bonds. The fourth-order valence-electron chi connectivity index (χ4n) is 3.40. The molecule has 0 radical (unpaired) electrons. The lowest BCUT2D eigenvalue weighted by Crippen LogP contribution is -2.38. The highest BCUT2D eigenvalue weighted by Crippen LogP contribution is 2.16. The monoisotopic (exact) mass is 482 g/mol. The summed E-state index contributed by atoms with van der Waals surface area (Å²) in [6, 6.07) is 9.03. The van der Waals surface area contributed by atoms with E-state index in [1.54, 1.807) is 7.05 Å². The third kappa shape index (κ3) is 5.67. The first kappa shape index (κ1) is 21.7. The highest BCUT2D eigenvalue weighted by molar-refractivity contribution is 14.0. The molecule has 1 aliphatic rings. The molecule has 0 spiro atoms. The third-order valence-corrected chi connectivity index (χ3v) is 4.80. The number of aromatic nitrogens is 3. The molecule has 148 valence electrons. The quantitative estimate of drug-likeness (QED) is 0.376. The van der Waals surface area contributed by atoms with Crippen LogP contribution in [0, 0.1) is 5.92 Å². The number of nitrogens with zero attached hydrogens (tertiary/aromatic N) is 4. The maximum Gasteiger partial charge on any atom is 0.191 e. The van der Waals surface area contributed by atoms with Crippen molar-refractivity contribution in [2.24, 2.45) is 10.9 Å². The number of fused-ring (bicyclic) bond motifs is 1. The Morgan fingerprint density at radius 3 is 2.59 bits per heavy atom. The zero-order valence-electron chi connectivity index (χ0n) is 16.7. The van der Waals surface area contributed by atoms with Gasteiger partial charge in [-0.1, -0.05) is 38.1 Å². The van der Waals surface area contributed by atoms with Gasteiger partial charge >= 0.3 is 0 Å². The van der Waals surface area contributed by atoms with Crippen molar-refractivity contribution in [3.8, 4) is 0 Å². The minimum absolute atomic E-state index is 0. The van der Waals surface area contributed by atoms with Crippen molar-refractivity contribution < 1.29 is 0 Å². The van der Waals surface area contributed by atoms with Crippen molar-refractivity contribution in [3.05, 3.63) is 47.0 Å². The average Bonchev–Trinajstić information content (AvgIpc) is 3.22. The van der Waals surface area contributed by atoms with E-state index in [1.165, 1.54) is 11.1 Å². The maximum atomic E-state index is 4.34. The van der Waals surface area contributed by atoms with Crippen molar-refractivity contribution >= 4 is 29.9 Å².